The van der Waals surface area contributed by atoms with E-state index in [9.17, 15) is 4.79 Å². The molecule has 0 radical (unpaired) electrons. The number of anilines is 1. The molecule has 0 saturated heterocycles. The van der Waals surface area contributed by atoms with Gasteiger partial charge in [-0.05, 0) is 31.0 Å². The molecule has 1 amide bonds. The largest absolute Gasteiger partial charge is 0.324 e. The predicted molar refractivity (Wildman–Crippen MR) is 69.2 cm³/mol. The van der Waals surface area contributed by atoms with Crippen molar-refractivity contribution in [2.45, 2.75) is 20.3 Å². The van der Waals surface area contributed by atoms with E-state index in [1.807, 2.05) is 13.0 Å². The first kappa shape index (κ1) is 13.8. The normalized spacial score (nSPS) is 11.7. The quantitative estimate of drug-likeness (QED) is 0.909. The van der Waals surface area contributed by atoms with Crippen molar-refractivity contribution in [3.63, 3.8) is 0 Å². The van der Waals surface area contributed by atoms with Gasteiger partial charge in [-0.2, -0.15) is 5.26 Å². The van der Waals surface area contributed by atoms with E-state index in [0.717, 1.165) is 5.56 Å². The van der Waals surface area contributed by atoms with E-state index in [-0.39, 0.29) is 5.91 Å². The lowest BCUT2D eigenvalue weighted by Crippen LogP contribution is -2.21. The second-order valence-electron chi connectivity index (χ2n) is 3.66. The van der Waals surface area contributed by atoms with Gasteiger partial charge in [-0.15, -0.1) is 0 Å². The molecule has 5 heteroatoms. The average Bonchev–Trinajstić information content (AvgIpc) is 2.27. The molecule has 0 fully saturated rings. The number of carbonyl (C=O) groups is 1. The number of benzene rings is 1. The number of nitrogens with zero attached hydrogens (tertiary/aromatic N) is 1. The summed E-state index contributed by atoms with van der Waals surface area (Å²) in [5.41, 5.74) is 1.27. The molecule has 0 saturated carbocycles. The lowest BCUT2D eigenvalue weighted by Gasteiger charge is -2.11. The Bertz CT molecular complexity index is 480. The third kappa shape index (κ3) is 3.36. The number of hydrogen-bond acceptors (Lipinski definition) is 2. The molecule has 0 spiro atoms. The zero-order valence-corrected chi connectivity index (χ0v) is 11.1. The number of rotatable bonds is 3. The molecule has 1 aromatic carbocycles. The highest BCUT2D eigenvalue weighted by atomic mass is 35.5. The molecule has 3 nitrogen and oxygen atoms in total. The molecule has 90 valence electrons. The Labute approximate surface area is 110 Å². The van der Waals surface area contributed by atoms with Crippen molar-refractivity contribution >= 4 is 34.8 Å². The van der Waals surface area contributed by atoms with Gasteiger partial charge < -0.3 is 5.32 Å². The fourth-order valence-corrected chi connectivity index (χ4v) is 1.73. The molecule has 1 N–H and O–H groups in total. The second-order valence-corrected chi connectivity index (χ2v) is 4.47. The molecule has 1 rings (SSSR count). The van der Waals surface area contributed by atoms with Gasteiger partial charge in [0.1, 0.15) is 5.92 Å². The smallest absolute Gasteiger partial charge is 0.241 e. The Morgan fingerprint density at radius 1 is 1.47 bits per heavy atom. The number of carbonyl (C=O) groups excluding carboxylic acids is 1. The zero-order valence-electron chi connectivity index (χ0n) is 9.55. The molecule has 0 aliphatic rings. The summed E-state index contributed by atoms with van der Waals surface area (Å²) in [7, 11) is 0. The van der Waals surface area contributed by atoms with Crippen LogP contribution in [-0.4, -0.2) is 5.91 Å². The van der Waals surface area contributed by atoms with Gasteiger partial charge in [0.15, 0.2) is 0 Å². The van der Waals surface area contributed by atoms with Crippen LogP contribution in [0.3, 0.4) is 0 Å². The lowest BCUT2D eigenvalue weighted by atomic mass is 10.1. The monoisotopic (exact) mass is 270 g/mol. The summed E-state index contributed by atoms with van der Waals surface area (Å²) in [6.07, 6.45) is 0.458. The van der Waals surface area contributed by atoms with Crippen molar-refractivity contribution in [1.29, 1.82) is 5.26 Å². The second kappa shape index (κ2) is 5.90. The number of amides is 1. The van der Waals surface area contributed by atoms with Crippen LogP contribution in [0, 0.1) is 24.2 Å². The number of hydrogen-bond donors (Lipinski definition) is 1. The molecule has 0 aliphatic heterocycles. The first-order chi connectivity index (χ1) is 7.99. The Kier molecular flexibility index (Phi) is 4.80. The van der Waals surface area contributed by atoms with Gasteiger partial charge in [0.2, 0.25) is 5.91 Å². The van der Waals surface area contributed by atoms with E-state index in [0.29, 0.717) is 22.2 Å². The Morgan fingerprint density at radius 2 is 2.12 bits per heavy atom. The maximum atomic E-state index is 11.7. The summed E-state index contributed by atoms with van der Waals surface area (Å²) in [6.45, 7) is 3.60. The standard InChI is InChI=1S/C12H12Cl2N2O/c1-3-8(6-15)12(17)16-11-5-9(13)7(2)4-10(11)14/h4-5,8H,3H2,1-2H3,(H,16,17). The van der Waals surface area contributed by atoms with E-state index in [2.05, 4.69) is 5.32 Å². The number of aryl methyl sites for hydroxylation is 1. The number of nitrogens with one attached hydrogen (secondary N) is 1. The Morgan fingerprint density at radius 3 is 2.65 bits per heavy atom. The van der Waals surface area contributed by atoms with Crippen LogP contribution in [0.5, 0.6) is 0 Å². The molecule has 0 heterocycles. The molecule has 0 aromatic heterocycles. The summed E-state index contributed by atoms with van der Waals surface area (Å²) in [5, 5.41) is 12.3. The highest BCUT2D eigenvalue weighted by Gasteiger charge is 2.17. The predicted octanol–water partition coefficient (Wildman–Crippen LogP) is 3.79. The van der Waals surface area contributed by atoms with Crippen LogP contribution in [0.4, 0.5) is 5.69 Å². The first-order valence-electron chi connectivity index (χ1n) is 5.15. The summed E-state index contributed by atoms with van der Waals surface area (Å²) in [4.78, 5) is 11.7. The van der Waals surface area contributed by atoms with E-state index >= 15 is 0 Å². The Hall–Kier alpha value is -1.24. The molecule has 17 heavy (non-hydrogen) atoms. The van der Waals surface area contributed by atoms with Crippen molar-refractivity contribution in [2.24, 2.45) is 5.92 Å². The summed E-state index contributed by atoms with van der Waals surface area (Å²) < 4.78 is 0. The van der Waals surface area contributed by atoms with Crippen LogP contribution in [-0.2, 0) is 4.79 Å². The van der Waals surface area contributed by atoms with Gasteiger partial charge in [0, 0.05) is 5.02 Å². The maximum absolute atomic E-state index is 11.7. The topological polar surface area (TPSA) is 52.9 Å². The van der Waals surface area contributed by atoms with E-state index < -0.39 is 5.92 Å². The summed E-state index contributed by atoms with van der Waals surface area (Å²) in [6, 6.07) is 5.19. The molecule has 0 bridgehead atoms. The van der Waals surface area contributed by atoms with Crippen molar-refractivity contribution in [2.75, 3.05) is 5.32 Å². The van der Waals surface area contributed by atoms with Crippen LogP contribution >= 0.6 is 23.2 Å². The summed E-state index contributed by atoms with van der Waals surface area (Å²) in [5.74, 6) is -1.04. The molecular formula is C12H12Cl2N2O. The first-order valence-corrected chi connectivity index (χ1v) is 5.91. The van der Waals surface area contributed by atoms with E-state index in [1.54, 1.807) is 19.1 Å². The highest BCUT2D eigenvalue weighted by Crippen LogP contribution is 2.29. The van der Waals surface area contributed by atoms with Gasteiger partial charge in [-0.3, -0.25) is 4.79 Å². The van der Waals surface area contributed by atoms with Crippen LogP contribution in [0.15, 0.2) is 12.1 Å². The maximum Gasteiger partial charge on any atom is 0.241 e. The minimum atomic E-state index is -0.675. The lowest BCUT2D eigenvalue weighted by molar-refractivity contribution is -0.118. The zero-order chi connectivity index (χ0) is 13.0. The van der Waals surface area contributed by atoms with Crippen molar-refractivity contribution in [3.8, 4) is 6.07 Å². The third-order valence-electron chi connectivity index (χ3n) is 2.39. The summed E-state index contributed by atoms with van der Waals surface area (Å²) >= 11 is 11.9. The van der Waals surface area contributed by atoms with E-state index in [4.69, 9.17) is 28.5 Å². The molecule has 1 unspecified atom stereocenters. The SMILES string of the molecule is CCC(C#N)C(=O)Nc1cc(Cl)c(C)cc1Cl. The minimum Gasteiger partial charge on any atom is -0.324 e. The van der Waals surface area contributed by atoms with Crippen molar-refractivity contribution < 1.29 is 4.79 Å². The fraction of sp³-hybridized carbons (Fsp3) is 0.333. The number of halogens is 2. The number of nitriles is 1. The van der Waals surface area contributed by atoms with Crippen LogP contribution in [0.1, 0.15) is 18.9 Å². The van der Waals surface area contributed by atoms with Gasteiger partial charge in [0.05, 0.1) is 16.8 Å². The molecule has 1 aromatic rings. The molecule has 0 aliphatic carbocycles. The van der Waals surface area contributed by atoms with Crippen molar-refractivity contribution in [1.82, 2.24) is 0 Å². The van der Waals surface area contributed by atoms with Gasteiger partial charge in [-0.1, -0.05) is 30.1 Å². The molecule has 1 atom stereocenters. The average molecular weight is 271 g/mol. The van der Waals surface area contributed by atoms with Gasteiger partial charge in [0.25, 0.3) is 0 Å². The van der Waals surface area contributed by atoms with Crippen LogP contribution in [0.2, 0.25) is 10.0 Å². The fourth-order valence-electron chi connectivity index (χ4n) is 1.30. The van der Waals surface area contributed by atoms with E-state index in [1.165, 1.54) is 0 Å². The molecular weight excluding hydrogens is 259 g/mol. The van der Waals surface area contributed by atoms with Crippen LogP contribution < -0.4 is 5.32 Å². The Balaban J connectivity index is 2.93. The van der Waals surface area contributed by atoms with Crippen molar-refractivity contribution in [3.05, 3.63) is 27.7 Å². The van der Waals surface area contributed by atoms with Gasteiger partial charge >= 0.3 is 0 Å². The third-order valence-corrected chi connectivity index (χ3v) is 3.11. The van der Waals surface area contributed by atoms with Gasteiger partial charge in [-0.25, -0.2) is 0 Å². The van der Waals surface area contributed by atoms with Crippen LogP contribution in [0.25, 0.3) is 0 Å². The minimum absolute atomic E-state index is 0.364. The highest BCUT2D eigenvalue weighted by molar-refractivity contribution is 6.36.